The maximum absolute atomic E-state index is 12.5. The first-order valence-electron chi connectivity index (χ1n) is 6.30. The van der Waals surface area contributed by atoms with Gasteiger partial charge in [0.05, 0.1) is 6.04 Å². The zero-order valence-corrected chi connectivity index (χ0v) is 11.2. The van der Waals surface area contributed by atoms with Crippen LogP contribution < -0.4 is 5.43 Å². The number of amides is 1. The maximum atomic E-state index is 12.5. The number of rotatable bonds is 0. The molecule has 0 N–H and O–H groups in total. The SMILES string of the molecule is CC1=CN2C(=O)c3c(oc(C)cc3=O)CC2C(C)=C1. The molecule has 0 radical (unpaired) electrons. The molecule has 1 amide bonds. The lowest BCUT2D eigenvalue weighted by Gasteiger charge is -2.36. The minimum atomic E-state index is -0.258. The second-order valence-corrected chi connectivity index (χ2v) is 5.21. The number of carbonyl (C=O) groups excluding carboxylic acids is 1. The minimum Gasteiger partial charge on any atom is -0.465 e. The molecule has 2 aliphatic rings. The Morgan fingerprint density at radius 1 is 1.26 bits per heavy atom. The Kier molecular flexibility index (Phi) is 2.49. The summed E-state index contributed by atoms with van der Waals surface area (Å²) in [5, 5.41) is 0. The topological polar surface area (TPSA) is 50.5 Å². The summed E-state index contributed by atoms with van der Waals surface area (Å²) in [7, 11) is 0. The van der Waals surface area contributed by atoms with Crippen LogP contribution in [0.2, 0.25) is 0 Å². The van der Waals surface area contributed by atoms with E-state index in [1.54, 1.807) is 11.8 Å². The molecule has 4 nitrogen and oxygen atoms in total. The third kappa shape index (κ3) is 1.75. The number of fused-ring (bicyclic) bond motifs is 2. The van der Waals surface area contributed by atoms with Crippen molar-refractivity contribution in [3.05, 3.63) is 56.8 Å². The molecule has 2 aliphatic heterocycles. The van der Waals surface area contributed by atoms with Crippen molar-refractivity contribution >= 4 is 5.91 Å². The molecule has 0 spiro atoms. The molecule has 1 unspecified atom stereocenters. The summed E-state index contributed by atoms with van der Waals surface area (Å²) >= 11 is 0. The Labute approximate surface area is 111 Å². The van der Waals surface area contributed by atoms with Gasteiger partial charge in [0.2, 0.25) is 0 Å². The van der Waals surface area contributed by atoms with E-state index in [9.17, 15) is 9.59 Å². The minimum absolute atomic E-state index is 0.0337. The highest BCUT2D eigenvalue weighted by molar-refractivity contribution is 5.97. The first kappa shape index (κ1) is 12.0. The van der Waals surface area contributed by atoms with Gasteiger partial charge >= 0.3 is 0 Å². The summed E-state index contributed by atoms with van der Waals surface area (Å²) < 4.78 is 5.58. The van der Waals surface area contributed by atoms with E-state index in [1.807, 2.05) is 20.0 Å². The monoisotopic (exact) mass is 257 g/mol. The summed E-state index contributed by atoms with van der Waals surface area (Å²) in [4.78, 5) is 26.1. The molecule has 1 atom stereocenters. The van der Waals surface area contributed by atoms with Crippen molar-refractivity contribution in [1.82, 2.24) is 4.90 Å². The van der Waals surface area contributed by atoms with Gasteiger partial charge in [-0.1, -0.05) is 6.08 Å². The van der Waals surface area contributed by atoms with Crippen molar-refractivity contribution in [3.8, 4) is 0 Å². The molecule has 0 aliphatic carbocycles. The average Bonchev–Trinajstić information content (AvgIpc) is 2.30. The van der Waals surface area contributed by atoms with Crippen LogP contribution in [0.25, 0.3) is 0 Å². The van der Waals surface area contributed by atoms with Crippen molar-refractivity contribution in [2.24, 2.45) is 0 Å². The van der Waals surface area contributed by atoms with Gasteiger partial charge in [0, 0.05) is 18.7 Å². The second kappa shape index (κ2) is 3.95. The van der Waals surface area contributed by atoms with E-state index in [2.05, 4.69) is 6.08 Å². The third-order valence-corrected chi connectivity index (χ3v) is 3.63. The normalized spacial score (nSPS) is 21.5. The van der Waals surface area contributed by atoms with Gasteiger partial charge in [0.25, 0.3) is 5.91 Å². The summed E-state index contributed by atoms with van der Waals surface area (Å²) in [6, 6.07) is 1.34. The van der Waals surface area contributed by atoms with Crippen LogP contribution in [-0.4, -0.2) is 16.8 Å². The van der Waals surface area contributed by atoms with Crippen molar-refractivity contribution in [2.45, 2.75) is 33.2 Å². The fourth-order valence-corrected chi connectivity index (χ4v) is 2.82. The molecule has 1 aromatic heterocycles. The molecule has 98 valence electrons. The highest BCUT2D eigenvalue weighted by Crippen LogP contribution is 2.30. The van der Waals surface area contributed by atoms with E-state index in [0.717, 1.165) is 11.1 Å². The third-order valence-electron chi connectivity index (χ3n) is 3.63. The zero-order chi connectivity index (χ0) is 13.7. The highest BCUT2D eigenvalue weighted by Gasteiger charge is 2.37. The van der Waals surface area contributed by atoms with Gasteiger partial charge in [-0.05, 0) is 31.9 Å². The summed E-state index contributed by atoms with van der Waals surface area (Å²) in [5.74, 6) is 0.804. The van der Waals surface area contributed by atoms with E-state index in [0.29, 0.717) is 17.9 Å². The molecule has 4 heteroatoms. The molecule has 19 heavy (non-hydrogen) atoms. The molecule has 0 aromatic carbocycles. The van der Waals surface area contributed by atoms with Crippen LogP contribution in [0.3, 0.4) is 0 Å². The van der Waals surface area contributed by atoms with E-state index < -0.39 is 0 Å². The Hall–Kier alpha value is -2.10. The molecule has 3 heterocycles. The average molecular weight is 257 g/mol. The second-order valence-electron chi connectivity index (χ2n) is 5.21. The van der Waals surface area contributed by atoms with E-state index >= 15 is 0 Å². The smallest absolute Gasteiger partial charge is 0.265 e. The fraction of sp³-hybridized carbons (Fsp3) is 0.333. The van der Waals surface area contributed by atoms with Gasteiger partial charge in [-0.15, -0.1) is 0 Å². The Bertz CT molecular complexity index is 694. The first-order chi connectivity index (χ1) is 8.97. The molecular formula is C15H15NO3. The maximum Gasteiger partial charge on any atom is 0.265 e. The van der Waals surface area contributed by atoms with Gasteiger partial charge in [0.15, 0.2) is 5.43 Å². The summed E-state index contributed by atoms with van der Waals surface area (Å²) in [5.41, 5.74) is 2.06. The predicted molar refractivity (Wildman–Crippen MR) is 70.9 cm³/mol. The van der Waals surface area contributed by atoms with Gasteiger partial charge in [-0.3, -0.25) is 9.59 Å². The number of hydrogen-bond donors (Lipinski definition) is 0. The van der Waals surface area contributed by atoms with Crippen LogP contribution in [-0.2, 0) is 6.42 Å². The van der Waals surface area contributed by atoms with Crippen LogP contribution in [0.15, 0.2) is 38.7 Å². The van der Waals surface area contributed by atoms with E-state index in [4.69, 9.17) is 4.42 Å². The van der Waals surface area contributed by atoms with Crippen LogP contribution in [0, 0.1) is 6.92 Å². The molecular weight excluding hydrogens is 242 g/mol. The van der Waals surface area contributed by atoms with E-state index in [-0.39, 0.29) is 22.9 Å². The largest absolute Gasteiger partial charge is 0.465 e. The van der Waals surface area contributed by atoms with E-state index in [1.165, 1.54) is 6.07 Å². The lowest BCUT2D eigenvalue weighted by Crippen LogP contribution is -2.46. The standard InChI is InChI=1S/C15H15NO3/c1-8-4-9(2)11-6-13-14(15(18)16(11)7-8)12(17)5-10(3)19-13/h4-5,7,11H,6H2,1-3H3. The highest BCUT2D eigenvalue weighted by atomic mass is 16.3. The molecule has 0 bridgehead atoms. The molecule has 3 rings (SSSR count). The number of nitrogens with zero attached hydrogens (tertiary/aromatic N) is 1. The van der Waals surface area contributed by atoms with Crippen LogP contribution in [0.5, 0.6) is 0 Å². The van der Waals surface area contributed by atoms with Crippen molar-refractivity contribution < 1.29 is 9.21 Å². The Balaban J connectivity index is 2.19. The first-order valence-corrected chi connectivity index (χ1v) is 6.30. The number of hydrogen-bond acceptors (Lipinski definition) is 3. The van der Waals surface area contributed by atoms with Crippen LogP contribution in [0.1, 0.15) is 35.7 Å². The lowest BCUT2D eigenvalue weighted by atomic mass is 9.91. The van der Waals surface area contributed by atoms with Gasteiger partial charge in [-0.2, -0.15) is 0 Å². The number of allylic oxidation sites excluding steroid dienone is 2. The molecule has 0 saturated heterocycles. The van der Waals surface area contributed by atoms with Gasteiger partial charge in [-0.25, -0.2) is 0 Å². The lowest BCUT2D eigenvalue weighted by molar-refractivity contribution is 0.0747. The predicted octanol–water partition coefficient (Wildman–Crippen LogP) is 2.18. The molecule has 0 fully saturated rings. The molecule has 1 aromatic rings. The number of carbonyl (C=O) groups is 1. The van der Waals surface area contributed by atoms with Gasteiger partial charge in [0.1, 0.15) is 17.1 Å². The van der Waals surface area contributed by atoms with Crippen LogP contribution >= 0.6 is 0 Å². The summed E-state index contributed by atoms with van der Waals surface area (Å²) in [6.45, 7) is 5.67. The van der Waals surface area contributed by atoms with Crippen molar-refractivity contribution in [3.63, 3.8) is 0 Å². The van der Waals surface area contributed by atoms with Crippen molar-refractivity contribution in [2.75, 3.05) is 0 Å². The van der Waals surface area contributed by atoms with Crippen molar-refractivity contribution in [1.29, 1.82) is 0 Å². The fourth-order valence-electron chi connectivity index (χ4n) is 2.82. The van der Waals surface area contributed by atoms with Crippen LogP contribution in [0.4, 0.5) is 0 Å². The Morgan fingerprint density at radius 3 is 2.74 bits per heavy atom. The zero-order valence-electron chi connectivity index (χ0n) is 11.2. The van der Waals surface area contributed by atoms with Gasteiger partial charge < -0.3 is 9.32 Å². The quantitative estimate of drug-likeness (QED) is 0.715. The molecule has 0 saturated carbocycles. The summed E-state index contributed by atoms with van der Waals surface area (Å²) in [6.07, 6.45) is 4.43. The number of aryl methyl sites for hydroxylation is 1. The Morgan fingerprint density at radius 2 is 2.00 bits per heavy atom.